The first-order chi connectivity index (χ1) is 6.75. The van der Waals surface area contributed by atoms with Gasteiger partial charge in [0.1, 0.15) is 5.82 Å². The molecule has 0 saturated carbocycles. The van der Waals surface area contributed by atoms with Crippen LogP contribution in [0.2, 0.25) is 0 Å². The molecule has 2 rings (SSSR count). The molecule has 3 N–H and O–H groups in total. The van der Waals surface area contributed by atoms with Gasteiger partial charge in [-0.25, -0.2) is 4.98 Å². The number of aromatic nitrogens is 4. The number of rotatable bonds is 3. The van der Waals surface area contributed by atoms with Crippen LogP contribution in [0, 0.1) is 0 Å². The van der Waals surface area contributed by atoms with Crippen LogP contribution in [0.4, 0.5) is 12.0 Å². The molecule has 0 aliphatic rings. The third-order valence-electron chi connectivity index (χ3n) is 1.76. The second-order valence-electron chi connectivity index (χ2n) is 2.75. The molecule has 0 saturated heterocycles. The number of imidazole rings is 1. The van der Waals surface area contributed by atoms with Crippen LogP contribution in [0.1, 0.15) is 5.82 Å². The van der Waals surface area contributed by atoms with Gasteiger partial charge in [0.2, 0.25) is 0 Å². The summed E-state index contributed by atoms with van der Waals surface area (Å²) < 4.78 is 6.82. The minimum absolute atomic E-state index is 0.0485. The number of nitrogen functional groups attached to an aromatic ring is 1. The van der Waals surface area contributed by atoms with Gasteiger partial charge in [-0.3, -0.25) is 0 Å². The molecule has 0 radical (unpaired) electrons. The summed E-state index contributed by atoms with van der Waals surface area (Å²) in [6, 6.07) is 0.345. The van der Waals surface area contributed by atoms with Crippen LogP contribution in [0.3, 0.4) is 0 Å². The van der Waals surface area contributed by atoms with Crippen molar-refractivity contribution >= 4 is 12.0 Å². The van der Waals surface area contributed by atoms with Crippen molar-refractivity contribution in [3.8, 4) is 0 Å². The van der Waals surface area contributed by atoms with Crippen molar-refractivity contribution < 1.29 is 4.42 Å². The van der Waals surface area contributed by atoms with Gasteiger partial charge in [0.25, 0.3) is 0 Å². The number of hydrogen-bond acceptors (Lipinski definition) is 6. The Bertz CT molecular complexity index is 419. The van der Waals surface area contributed by atoms with Gasteiger partial charge < -0.3 is 20.0 Å². The average molecular weight is 194 g/mol. The standard InChI is InChI=1S/C7H10N6O/c1-13-3-2-9-5(13)4-10-7-12-11-6(8)14-7/h2-3H,4H2,1H3,(H2,8,11)(H,10,12). The summed E-state index contributed by atoms with van der Waals surface area (Å²) in [4.78, 5) is 4.12. The molecule has 0 aromatic carbocycles. The fraction of sp³-hybridized carbons (Fsp3) is 0.286. The second-order valence-corrected chi connectivity index (χ2v) is 2.75. The third-order valence-corrected chi connectivity index (χ3v) is 1.76. The van der Waals surface area contributed by atoms with Crippen LogP contribution < -0.4 is 11.1 Å². The lowest BCUT2D eigenvalue weighted by Crippen LogP contribution is -2.05. The summed E-state index contributed by atoms with van der Waals surface area (Å²) in [7, 11) is 1.91. The number of aryl methyl sites for hydroxylation is 1. The van der Waals surface area contributed by atoms with Crippen molar-refractivity contribution in [2.45, 2.75) is 6.54 Å². The number of nitrogens with zero attached hydrogens (tertiary/aromatic N) is 4. The van der Waals surface area contributed by atoms with E-state index in [0.717, 1.165) is 5.82 Å². The van der Waals surface area contributed by atoms with Gasteiger partial charge in [-0.2, -0.15) is 0 Å². The highest BCUT2D eigenvalue weighted by molar-refractivity contribution is 5.22. The number of hydrogen-bond donors (Lipinski definition) is 2. The quantitative estimate of drug-likeness (QED) is 0.714. The smallest absolute Gasteiger partial charge is 0.317 e. The zero-order chi connectivity index (χ0) is 9.97. The van der Waals surface area contributed by atoms with E-state index in [1.54, 1.807) is 6.20 Å². The highest BCUT2D eigenvalue weighted by Crippen LogP contribution is 2.07. The average Bonchev–Trinajstić information content (AvgIpc) is 2.72. The molecule has 2 aromatic heterocycles. The largest absolute Gasteiger partial charge is 0.390 e. The van der Waals surface area contributed by atoms with Crippen LogP contribution in [0.5, 0.6) is 0 Å². The lowest BCUT2D eigenvalue weighted by atomic mass is 10.6. The molecule has 7 heteroatoms. The fourth-order valence-corrected chi connectivity index (χ4v) is 1.03. The molecular formula is C7H10N6O. The van der Waals surface area contributed by atoms with Crippen molar-refractivity contribution in [1.82, 2.24) is 19.7 Å². The minimum atomic E-state index is 0.0485. The van der Waals surface area contributed by atoms with Gasteiger partial charge in [0.15, 0.2) is 0 Å². The first-order valence-electron chi connectivity index (χ1n) is 4.05. The maximum Gasteiger partial charge on any atom is 0.317 e. The fourth-order valence-electron chi connectivity index (χ4n) is 1.03. The summed E-state index contributed by atoms with van der Waals surface area (Å²) in [5, 5.41) is 10.1. The molecule has 74 valence electrons. The molecule has 7 nitrogen and oxygen atoms in total. The van der Waals surface area contributed by atoms with Gasteiger partial charge >= 0.3 is 12.0 Å². The number of anilines is 2. The molecule has 0 aliphatic carbocycles. The maximum absolute atomic E-state index is 5.26. The maximum atomic E-state index is 5.26. The zero-order valence-electron chi connectivity index (χ0n) is 7.64. The lowest BCUT2D eigenvalue weighted by molar-refractivity contribution is 0.584. The van der Waals surface area contributed by atoms with Crippen molar-refractivity contribution in [3.05, 3.63) is 18.2 Å². The molecular weight excluding hydrogens is 184 g/mol. The first kappa shape index (κ1) is 8.54. The Morgan fingerprint density at radius 1 is 1.57 bits per heavy atom. The zero-order valence-corrected chi connectivity index (χ0v) is 7.64. The van der Waals surface area contributed by atoms with Crippen LogP contribution in [0.15, 0.2) is 16.8 Å². The topological polar surface area (TPSA) is 94.8 Å². The van der Waals surface area contributed by atoms with Crippen molar-refractivity contribution in [2.75, 3.05) is 11.1 Å². The van der Waals surface area contributed by atoms with E-state index >= 15 is 0 Å². The Labute approximate surface area is 79.9 Å². The molecule has 14 heavy (non-hydrogen) atoms. The highest BCUT2D eigenvalue weighted by Gasteiger charge is 2.03. The van der Waals surface area contributed by atoms with Crippen molar-refractivity contribution in [2.24, 2.45) is 7.05 Å². The SMILES string of the molecule is Cn1ccnc1CNc1nnc(N)o1. The van der Waals surface area contributed by atoms with Crippen LogP contribution in [0.25, 0.3) is 0 Å². The molecule has 0 spiro atoms. The van der Waals surface area contributed by atoms with E-state index in [4.69, 9.17) is 10.2 Å². The number of nitrogens with two attached hydrogens (primary N) is 1. The monoisotopic (exact) mass is 194 g/mol. The summed E-state index contributed by atoms with van der Waals surface area (Å²) in [6.45, 7) is 0.519. The minimum Gasteiger partial charge on any atom is -0.390 e. The summed E-state index contributed by atoms with van der Waals surface area (Å²) >= 11 is 0. The molecule has 0 fully saturated rings. The molecule has 0 amide bonds. The molecule has 0 bridgehead atoms. The Kier molecular flexibility index (Phi) is 2.05. The Balaban J connectivity index is 1.98. The molecule has 0 atom stereocenters. The van der Waals surface area contributed by atoms with E-state index in [2.05, 4.69) is 20.5 Å². The van der Waals surface area contributed by atoms with Gasteiger partial charge in [-0.05, 0) is 0 Å². The van der Waals surface area contributed by atoms with Crippen LogP contribution >= 0.6 is 0 Å². The Morgan fingerprint density at radius 3 is 3.00 bits per heavy atom. The summed E-state index contributed by atoms with van der Waals surface area (Å²) in [6.07, 6.45) is 3.58. The second kappa shape index (κ2) is 3.36. The highest BCUT2D eigenvalue weighted by atomic mass is 16.4. The summed E-state index contributed by atoms with van der Waals surface area (Å²) in [5.41, 5.74) is 5.26. The van der Waals surface area contributed by atoms with Crippen LogP contribution in [-0.4, -0.2) is 19.7 Å². The van der Waals surface area contributed by atoms with E-state index in [0.29, 0.717) is 12.6 Å². The van der Waals surface area contributed by atoms with E-state index in [-0.39, 0.29) is 6.01 Å². The lowest BCUT2D eigenvalue weighted by Gasteiger charge is -2.00. The van der Waals surface area contributed by atoms with Crippen molar-refractivity contribution in [1.29, 1.82) is 0 Å². The summed E-state index contributed by atoms with van der Waals surface area (Å²) in [5.74, 6) is 0.877. The Hall–Kier alpha value is -2.05. The third kappa shape index (κ3) is 1.65. The predicted octanol–water partition coefficient (Wildman–Crippen LogP) is -0.00260. The number of nitrogens with one attached hydrogen (secondary N) is 1. The van der Waals surface area contributed by atoms with Gasteiger partial charge in [-0.15, -0.1) is 0 Å². The van der Waals surface area contributed by atoms with E-state index < -0.39 is 0 Å². The molecule has 0 unspecified atom stereocenters. The Morgan fingerprint density at radius 2 is 2.43 bits per heavy atom. The van der Waals surface area contributed by atoms with E-state index in [9.17, 15) is 0 Å². The molecule has 2 aromatic rings. The normalized spacial score (nSPS) is 10.4. The van der Waals surface area contributed by atoms with E-state index in [1.165, 1.54) is 0 Å². The van der Waals surface area contributed by atoms with Gasteiger partial charge in [0.05, 0.1) is 6.54 Å². The first-order valence-corrected chi connectivity index (χ1v) is 4.05. The molecule has 2 heterocycles. The molecule has 0 aliphatic heterocycles. The van der Waals surface area contributed by atoms with Crippen LogP contribution in [-0.2, 0) is 13.6 Å². The predicted molar refractivity (Wildman–Crippen MR) is 49.2 cm³/mol. The van der Waals surface area contributed by atoms with Crippen molar-refractivity contribution in [3.63, 3.8) is 0 Å². The van der Waals surface area contributed by atoms with Gasteiger partial charge in [0, 0.05) is 19.4 Å². The van der Waals surface area contributed by atoms with Gasteiger partial charge in [-0.1, -0.05) is 10.2 Å². The van der Waals surface area contributed by atoms with E-state index in [1.807, 2.05) is 17.8 Å².